The molecule has 0 aliphatic heterocycles. The monoisotopic (exact) mass is 231 g/mol. The molecule has 2 rings (SSSR count). The zero-order valence-electron chi connectivity index (χ0n) is 9.69. The number of aromatic nitrogens is 4. The second-order valence-electron chi connectivity index (χ2n) is 3.63. The molecule has 2 aromatic rings. The molecule has 6 nitrogen and oxygen atoms in total. The number of H-pyrrole nitrogens is 1. The zero-order chi connectivity index (χ0) is 12.3. The first-order valence-electron chi connectivity index (χ1n) is 5.34. The van der Waals surface area contributed by atoms with Gasteiger partial charge in [0, 0.05) is 12.6 Å². The Kier molecular flexibility index (Phi) is 3.13. The largest absolute Gasteiger partial charge is 0.304 e. The lowest BCUT2D eigenvalue weighted by Crippen LogP contribution is -2.14. The van der Waals surface area contributed by atoms with Gasteiger partial charge >= 0.3 is 0 Å². The minimum absolute atomic E-state index is 0.129. The van der Waals surface area contributed by atoms with Crippen molar-refractivity contribution in [1.82, 2.24) is 20.2 Å². The van der Waals surface area contributed by atoms with Gasteiger partial charge in [0.2, 0.25) is 5.82 Å². The molecule has 2 aromatic heterocycles. The summed E-state index contributed by atoms with van der Waals surface area (Å²) in [5.74, 6) is 0.942. The number of hydrogen-bond donors (Lipinski definition) is 2. The lowest BCUT2D eigenvalue weighted by Gasteiger charge is -2.01. The van der Waals surface area contributed by atoms with Crippen LogP contribution in [0.15, 0.2) is 18.3 Å². The first-order valence-corrected chi connectivity index (χ1v) is 5.34. The highest BCUT2D eigenvalue weighted by atomic mass is 16.2. The second-order valence-corrected chi connectivity index (χ2v) is 3.63. The summed E-state index contributed by atoms with van der Waals surface area (Å²) in [7, 11) is 0. The van der Waals surface area contributed by atoms with Gasteiger partial charge in [-0.1, -0.05) is 13.0 Å². The van der Waals surface area contributed by atoms with Crippen molar-refractivity contribution in [2.45, 2.75) is 20.3 Å². The number of aryl methyl sites for hydroxylation is 2. The van der Waals surface area contributed by atoms with Gasteiger partial charge in [-0.25, -0.2) is 9.97 Å². The number of nitrogens with one attached hydrogen (secondary N) is 2. The third kappa shape index (κ3) is 2.66. The first-order chi connectivity index (χ1) is 8.19. The van der Waals surface area contributed by atoms with Crippen molar-refractivity contribution in [3.05, 3.63) is 35.5 Å². The Balaban J connectivity index is 2.08. The van der Waals surface area contributed by atoms with E-state index in [1.165, 1.54) is 0 Å². The molecular formula is C11H13N5O. The maximum atomic E-state index is 11.7. The molecule has 6 heteroatoms. The van der Waals surface area contributed by atoms with E-state index in [1.54, 1.807) is 12.3 Å². The van der Waals surface area contributed by atoms with E-state index in [1.807, 2.05) is 19.9 Å². The third-order valence-electron chi connectivity index (χ3n) is 2.22. The van der Waals surface area contributed by atoms with Crippen molar-refractivity contribution < 1.29 is 4.79 Å². The summed E-state index contributed by atoms with van der Waals surface area (Å²) < 4.78 is 0. The number of anilines is 1. The highest BCUT2D eigenvalue weighted by Gasteiger charge is 2.12. The van der Waals surface area contributed by atoms with Crippen LogP contribution in [0.4, 0.5) is 5.82 Å². The lowest BCUT2D eigenvalue weighted by atomic mass is 10.3. The average Bonchev–Trinajstić information content (AvgIpc) is 2.81. The number of rotatable bonds is 3. The van der Waals surface area contributed by atoms with Crippen LogP contribution in [0.5, 0.6) is 0 Å². The van der Waals surface area contributed by atoms with E-state index >= 15 is 0 Å². The molecule has 0 atom stereocenters. The van der Waals surface area contributed by atoms with Gasteiger partial charge in [0.25, 0.3) is 5.91 Å². The predicted octanol–water partition coefficient (Wildman–Crippen LogP) is 1.32. The highest BCUT2D eigenvalue weighted by Crippen LogP contribution is 2.05. The van der Waals surface area contributed by atoms with Crippen molar-refractivity contribution in [2.75, 3.05) is 5.32 Å². The van der Waals surface area contributed by atoms with Crippen molar-refractivity contribution in [3.63, 3.8) is 0 Å². The molecule has 2 heterocycles. The van der Waals surface area contributed by atoms with Crippen LogP contribution in [0.25, 0.3) is 0 Å². The standard InChI is InChI=1S/C11H13N5O/c1-3-8-13-10(16-15-8)11(17)14-9-5-4-7(2)6-12-9/h4-6H,3H2,1-2H3,(H,12,14,17)(H,13,15,16). The SMILES string of the molecule is CCc1nc(C(=O)Nc2ccc(C)cn2)n[nH]1. The van der Waals surface area contributed by atoms with Crippen molar-refractivity contribution in [1.29, 1.82) is 0 Å². The molecule has 0 saturated heterocycles. The molecule has 0 aromatic carbocycles. The van der Waals surface area contributed by atoms with E-state index in [9.17, 15) is 4.79 Å². The number of aromatic amines is 1. The van der Waals surface area contributed by atoms with Gasteiger partial charge in [-0.2, -0.15) is 0 Å². The first kappa shape index (κ1) is 11.3. The molecule has 1 amide bonds. The maximum absolute atomic E-state index is 11.7. The van der Waals surface area contributed by atoms with Crippen molar-refractivity contribution in [3.8, 4) is 0 Å². The summed E-state index contributed by atoms with van der Waals surface area (Å²) in [6.07, 6.45) is 2.40. The molecule has 17 heavy (non-hydrogen) atoms. The van der Waals surface area contributed by atoms with Crippen molar-refractivity contribution in [2.24, 2.45) is 0 Å². The summed E-state index contributed by atoms with van der Waals surface area (Å²) in [5, 5.41) is 9.14. The molecular weight excluding hydrogens is 218 g/mol. The molecule has 0 aliphatic rings. The maximum Gasteiger partial charge on any atom is 0.296 e. The van der Waals surface area contributed by atoms with E-state index in [4.69, 9.17) is 0 Å². The summed E-state index contributed by atoms with van der Waals surface area (Å²) in [6, 6.07) is 3.61. The molecule has 0 radical (unpaired) electrons. The number of hydrogen-bond acceptors (Lipinski definition) is 4. The number of nitrogens with zero attached hydrogens (tertiary/aromatic N) is 3. The Hall–Kier alpha value is -2.24. The van der Waals surface area contributed by atoms with Crippen LogP contribution in [0, 0.1) is 6.92 Å². The Bertz CT molecular complexity index is 517. The third-order valence-corrected chi connectivity index (χ3v) is 2.22. The fraction of sp³-hybridized carbons (Fsp3) is 0.273. The highest BCUT2D eigenvalue weighted by molar-refractivity contribution is 6.00. The predicted molar refractivity (Wildman–Crippen MR) is 62.7 cm³/mol. The van der Waals surface area contributed by atoms with Crippen LogP contribution >= 0.6 is 0 Å². The van der Waals surface area contributed by atoms with E-state index < -0.39 is 0 Å². The minimum Gasteiger partial charge on any atom is -0.304 e. The van der Waals surface area contributed by atoms with Crippen LogP contribution in [0.2, 0.25) is 0 Å². The molecule has 88 valence electrons. The van der Waals surface area contributed by atoms with Crippen LogP contribution in [-0.2, 0) is 6.42 Å². The van der Waals surface area contributed by atoms with Crippen LogP contribution < -0.4 is 5.32 Å². The molecule has 2 N–H and O–H groups in total. The fourth-order valence-corrected chi connectivity index (χ4v) is 1.27. The number of carbonyl (C=O) groups excluding carboxylic acids is 1. The minimum atomic E-state index is -0.364. The Morgan fingerprint density at radius 3 is 2.88 bits per heavy atom. The summed E-state index contributed by atoms with van der Waals surface area (Å²) in [5.41, 5.74) is 1.04. The van der Waals surface area contributed by atoms with Gasteiger partial charge < -0.3 is 5.32 Å². The average molecular weight is 231 g/mol. The molecule has 0 unspecified atom stereocenters. The van der Waals surface area contributed by atoms with Gasteiger partial charge in [0.1, 0.15) is 11.6 Å². The molecule has 0 spiro atoms. The topological polar surface area (TPSA) is 83.6 Å². The van der Waals surface area contributed by atoms with Gasteiger partial charge in [-0.05, 0) is 18.6 Å². The van der Waals surface area contributed by atoms with Gasteiger partial charge in [0.05, 0.1) is 0 Å². The fourth-order valence-electron chi connectivity index (χ4n) is 1.27. The van der Waals surface area contributed by atoms with Gasteiger partial charge in [-0.15, -0.1) is 5.10 Å². The zero-order valence-corrected chi connectivity index (χ0v) is 9.69. The van der Waals surface area contributed by atoms with E-state index in [0.717, 1.165) is 5.56 Å². The van der Waals surface area contributed by atoms with Crippen molar-refractivity contribution >= 4 is 11.7 Å². The summed E-state index contributed by atoms with van der Waals surface area (Å²) in [6.45, 7) is 3.87. The Morgan fingerprint density at radius 2 is 2.29 bits per heavy atom. The van der Waals surface area contributed by atoms with Gasteiger partial charge in [-0.3, -0.25) is 9.89 Å². The Morgan fingerprint density at radius 1 is 1.47 bits per heavy atom. The second kappa shape index (κ2) is 4.73. The lowest BCUT2D eigenvalue weighted by molar-refractivity contribution is 0.101. The van der Waals surface area contributed by atoms with E-state index in [0.29, 0.717) is 18.1 Å². The van der Waals surface area contributed by atoms with Crippen LogP contribution in [0.3, 0.4) is 0 Å². The number of carbonyl (C=O) groups is 1. The summed E-state index contributed by atoms with van der Waals surface area (Å²) >= 11 is 0. The number of pyridine rings is 1. The summed E-state index contributed by atoms with van der Waals surface area (Å²) in [4.78, 5) is 19.8. The van der Waals surface area contributed by atoms with Gasteiger partial charge in [0.15, 0.2) is 0 Å². The van der Waals surface area contributed by atoms with E-state index in [-0.39, 0.29) is 11.7 Å². The van der Waals surface area contributed by atoms with E-state index in [2.05, 4.69) is 25.5 Å². The normalized spacial score (nSPS) is 10.2. The number of amides is 1. The quantitative estimate of drug-likeness (QED) is 0.834. The molecule has 0 aliphatic carbocycles. The van der Waals surface area contributed by atoms with Crippen LogP contribution in [-0.4, -0.2) is 26.1 Å². The molecule has 0 fully saturated rings. The smallest absolute Gasteiger partial charge is 0.296 e. The molecule has 0 bridgehead atoms. The van der Waals surface area contributed by atoms with Crippen LogP contribution in [0.1, 0.15) is 28.9 Å². The Labute approximate surface area is 98.5 Å². The molecule has 0 saturated carbocycles.